The molecule has 21 heteroatoms. The minimum absolute atomic E-state index is 0.0365. The maximum Gasteiger partial charge on any atom is 0.417 e. The van der Waals surface area contributed by atoms with Crippen LogP contribution in [0.1, 0.15) is 56.5 Å². The van der Waals surface area contributed by atoms with Crippen molar-refractivity contribution in [3.63, 3.8) is 0 Å². The molecule has 3 aliphatic heterocycles. The molecule has 6 amide bonds. The average Bonchev–Trinajstić information content (AvgIpc) is 4.09. The van der Waals surface area contributed by atoms with Gasteiger partial charge in [0.2, 0.25) is 11.8 Å². The lowest BCUT2D eigenvalue weighted by Gasteiger charge is -2.35. The van der Waals surface area contributed by atoms with Crippen molar-refractivity contribution >= 4 is 52.4 Å². The molecular formula is C50H54F3N7O10S. The Hall–Kier alpha value is -6.86. The number of nitrogens with one attached hydrogen (secondary N) is 1. The van der Waals surface area contributed by atoms with E-state index < -0.39 is 70.7 Å². The monoisotopic (exact) mass is 1000 g/mol. The molecule has 0 radical (unpaired) electrons. The number of ether oxygens (including phenoxy) is 4. The second kappa shape index (κ2) is 22.1. The van der Waals surface area contributed by atoms with Crippen molar-refractivity contribution in [3.05, 3.63) is 106 Å². The van der Waals surface area contributed by atoms with E-state index in [-0.39, 0.29) is 77.3 Å². The molecule has 4 heterocycles. The number of nitriles is 1. The molecule has 3 aromatic carbocycles. The van der Waals surface area contributed by atoms with Gasteiger partial charge >= 0.3 is 12.2 Å². The fourth-order valence-corrected chi connectivity index (χ4v) is 9.48. The third kappa shape index (κ3) is 11.7. The number of β-amino-alcohol motifs (C(OH)–C–C–N with tert-alkyl or cyclic N) is 1. The lowest BCUT2D eigenvalue weighted by molar-refractivity contribution is -0.147. The van der Waals surface area contributed by atoms with Crippen LogP contribution in [0.5, 0.6) is 5.75 Å². The normalized spacial score (nSPS) is 18.3. The van der Waals surface area contributed by atoms with Crippen LogP contribution in [0.4, 0.5) is 29.3 Å². The SMILES string of the molecule is Cc1ncsc1-c1ccc(CNC(=O)[C@@H]2C[C@@H](O)CN2C(=O)C(C(C)C)N2CC(OCCOCCOCCOc3ccc(N4C(=O)N(c5ccc(C#N)c(C(F)(F)F)c5)C(=O)C4(C)C)cc3)=CC2=O)cc1. The maximum absolute atomic E-state index is 14.1. The maximum atomic E-state index is 14.1. The first-order valence-electron chi connectivity index (χ1n) is 22.9. The number of thiazole rings is 1. The van der Waals surface area contributed by atoms with E-state index in [1.807, 2.05) is 45.0 Å². The highest BCUT2D eigenvalue weighted by atomic mass is 32.1. The number of carbonyl (C=O) groups excluding carboxylic acids is 5. The van der Waals surface area contributed by atoms with E-state index in [9.17, 15) is 42.3 Å². The van der Waals surface area contributed by atoms with Crippen LogP contribution in [-0.4, -0.2) is 126 Å². The van der Waals surface area contributed by atoms with Gasteiger partial charge in [-0.05, 0) is 80.3 Å². The van der Waals surface area contributed by atoms with Crippen LogP contribution in [0.15, 0.2) is 84.1 Å². The number of halogens is 3. The highest BCUT2D eigenvalue weighted by Crippen LogP contribution is 2.40. The lowest BCUT2D eigenvalue weighted by atomic mass is 10.0. The number of nitrogens with zero attached hydrogens (tertiary/aromatic N) is 6. The lowest BCUT2D eigenvalue weighted by Crippen LogP contribution is -2.55. The number of aliphatic hydroxyl groups is 1. The number of hydrogen-bond donors (Lipinski definition) is 2. The van der Waals surface area contributed by atoms with E-state index in [4.69, 9.17) is 24.2 Å². The predicted molar refractivity (Wildman–Crippen MR) is 254 cm³/mol. The van der Waals surface area contributed by atoms with Gasteiger partial charge in [-0.1, -0.05) is 38.1 Å². The zero-order valence-electron chi connectivity index (χ0n) is 39.7. The third-order valence-electron chi connectivity index (χ3n) is 12.2. The molecule has 0 saturated carbocycles. The van der Waals surface area contributed by atoms with Gasteiger partial charge in [0.25, 0.3) is 11.8 Å². The summed E-state index contributed by atoms with van der Waals surface area (Å²) in [6.45, 7) is 9.94. The molecule has 376 valence electrons. The van der Waals surface area contributed by atoms with Gasteiger partial charge in [-0.15, -0.1) is 11.3 Å². The van der Waals surface area contributed by atoms with Crippen molar-refractivity contribution in [2.75, 3.05) is 62.5 Å². The molecule has 3 aliphatic rings. The standard InChI is InChI=1S/C50H54F3N7O10S/c1-30(2)43(46(64)57-27-37(61)23-41(57)45(63)55-26-32-6-8-33(9-7-32)44-31(3)56-29-71-44)58-28-39(24-42(58)62)70-21-19-68-17-16-67-18-20-69-38-14-12-35(13-15-38)60-48(66)59(47(65)49(60,4)5)36-11-10-34(25-54)40(22-36)50(51,52)53/h6-15,22,24,29-30,37,41,43,61H,16-21,23,26-28H2,1-5H3,(H,55,63)/t37-,41+,43?/m1/s1. The van der Waals surface area contributed by atoms with Gasteiger partial charge in [-0.25, -0.2) is 14.7 Å². The summed E-state index contributed by atoms with van der Waals surface area (Å²) in [5.74, 6) is -1.49. The minimum Gasteiger partial charge on any atom is -0.493 e. The van der Waals surface area contributed by atoms with Crippen molar-refractivity contribution in [2.24, 2.45) is 5.92 Å². The molecule has 0 spiro atoms. The Bertz CT molecular complexity index is 2690. The number of amides is 6. The van der Waals surface area contributed by atoms with E-state index in [2.05, 4.69) is 10.3 Å². The zero-order valence-corrected chi connectivity index (χ0v) is 40.5. The Morgan fingerprint density at radius 3 is 2.21 bits per heavy atom. The second-order valence-corrected chi connectivity index (χ2v) is 18.8. The number of rotatable bonds is 20. The molecule has 3 atom stereocenters. The fourth-order valence-electron chi connectivity index (χ4n) is 8.67. The minimum atomic E-state index is -4.88. The number of alkyl halides is 3. The highest BCUT2D eigenvalue weighted by Gasteiger charge is 2.53. The van der Waals surface area contributed by atoms with Gasteiger partial charge in [-0.3, -0.25) is 24.1 Å². The summed E-state index contributed by atoms with van der Waals surface area (Å²) in [5.41, 5.74) is 1.30. The summed E-state index contributed by atoms with van der Waals surface area (Å²) in [4.78, 5) is 77.8. The summed E-state index contributed by atoms with van der Waals surface area (Å²) in [7, 11) is 0. The first kappa shape index (κ1) is 52.0. The molecule has 2 N–H and O–H groups in total. The van der Waals surface area contributed by atoms with Gasteiger partial charge in [0.1, 0.15) is 42.3 Å². The summed E-state index contributed by atoms with van der Waals surface area (Å²) in [5, 5.41) is 22.7. The van der Waals surface area contributed by atoms with Crippen molar-refractivity contribution in [2.45, 2.75) is 77.5 Å². The Kier molecular flexibility index (Phi) is 16.1. The molecule has 1 unspecified atom stereocenters. The number of hydrogen-bond acceptors (Lipinski definition) is 13. The molecule has 2 fully saturated rings. The van der Waals surface area contributed by atoms with Crippen molar-refractivity contribution in [1.29, 1.82) is 5.26 Å². The van der Waals surface area contributed by atoms with Crippen molar-refractivity contribution in [3.8, 4) is 22.3 Å². The molecule has 4 aromatic rings. The van der Waals surface area contributed by atoms with E-state index in [1.165, 1.54) is 40.7 Å². The molecule has 17 nitrogen and oxygen atoms in total. The summed E-state index contributed by atoms with van der Waals surface area (Å²) in [6.07, 6.45) is -4.37. The van der Waals surface area contributed by atoms with Gasteiger partial charge in [0.05, 0.1) is 78.0 Å². The number of aliphatic hydroxyl groups excluding tert-OH is 1. The van der Waals surface area contributed by atoms with Crippen LogP contribution < -0.4 is 19.9 Å². The Morgan fingerprint density at radius 2 is 1.59 bits per heavy atom. The molecule has 7 rings (SSSR count). The number of anilines is 2. The van der Waals surface area contributed by atoms with Crippen molar-refractivity contribution in [1.82, 2.24) is 20.1 Å². The summed E-state index contributed by atoms with van der Waals surface area (Å²) in [6, 6.07) is 15.5. The van der Waals surface area contributed by atoms with Crippen LogP contribution in [0, 0.1) is 24.2 Å². The van der Waals surface area contributed by atoms with E-state index in [0.717, 1.165) is 33.8 Å². The number of likely N-dealkylation sites (tertiary alicyclic amines) is 1. The Morgan fingerprint density at radius 1 is 0.944 bits per heavy atom. The number of imide groups is 1. The molecule has 0 aliphatic carbocycles. The molecule has 1 aromatic heterocycles. The number of carbonyl (C=O) groups is 5. The highest BCUT2D eigenvalue weighted by molar-refractivity contribution is 7.13. The summed E-state index contributed by atoms with van der Waals surface area (Å²) < 4.78 is 63.8. The predicted octanol–water partition coefficient (Wildman–Crippen LogP) is 6.22. The second-order valence-electron chi connectivity index (χ2n) is 17.9. The zero-order chi connectivity index (χ0) is 51.2. The smallest absolute Gasteiger partial charge is 0.417 e. The Balaban J connectivity index is 0.798. The van der Waals surface area contributed by atoms with Gasteiger partial charge in [-0.2, -0.15) is 18.4 Å². The molecular weight excluding hydrogens is 948 g/mol. The van der Waals surface area contributed by atoms with Crippen LogP contribution >= 0.6 is 11.3 Å². The largest absolute Gasteiger partial charge is 0.493 e. The van der Waals surface area contributed by atoms with Crippen LogP contribution in [-0.2, 0) is 46.1 Å². The van der Waals surface area contributed by atoms with Gasteiger partial charge in [0.15, 0.2) is 0 Å². The van der Waals surface area contributed by atoms with E-state index in [0.29, 0.717) is 28.2 Å². The van der Waals surface area contributed by atoms with E-state index >= 15 is 0 Å². The quantitative estimate of drug-likeness (QED) is 0.0749. The van der Waals surface area contributed by atoms with Crippen molar-refractivity contribution < 1.29 is 61.2 Å². The third-order valence-corrected chi connectivity index (χ3v) is 13.2. The van der Waals surface area contributed by atoms with Crippen LogP contribution in [0.3, 0.4) is 0 Å². The first-order chi connectivity index (χ1) is 33.8. The number of aromatic nitrogens is 1. The van der Waals surface area contributed by atoms with Crippen LogP contribution in [0.25, 0.3) is 10.4 Å². The first-order valence-corrected chi connectivity index (χ1v) is 23.8. The van der Waals surface area contributed by atoms with Gasteiger partial charge < -0.3 is 39.2 Å². The molecule has 0 bridgehead atoms. The molecule has 2 saturated heterocycles. The average molecular weight is 1000 g/mol. The van der Waals surface area contributed by atoms with Gasteiger partial charge in [0, 0.05) is 31.3 Å². The molecule has 71 heavy (non-hydrogen) atoms. The Labute approximate surface area is 412 Å². The summed E-state index contributed by atoms with van der Waals surface area (Å²) >= 11 is 1.55. The van der Waals surface area contributed by atoms with Crippen LogP contribution in [0.2, 0.25) is 0 Å². The van der Waals surface area contributed by atoms with E-state index in [1.54, 1.807) is 41.1 Å². The number of benzene rings is 3. The number of aryl methyl sites for hydroxylation is 1. The topological polar surface area (TPSA) is 204 Å². The number of urea groups is 1. The fraction of sp³-hybridized carbons (Fsp3) is 0.420.